The van der Waals surface area contributed by atoms with Gasteiger partial charge in [0.25, 0.3) is 0 Å². The van der Waals surface area contributed by atoms with Gasteiger partial charge >= 0.3 is 6.09 Å². The number of hydrogen-bond donors (Lipinski definition) is 2. The molecule has 0 spiro atoms. The highest BCUT2D eigenvalue weighted by molar-refractivity contribution is 5.80. The predicted octanol–water partition coefficient (Wildman–Crippen LogP) is 2.52. The van der Waals surface area contributed by atoms with Crippen molar-refractivity contribution in [1.29, 1.82) is 0 Å². The molecule has 0 aliphatic carbocycles. The summed E-state index contributed by atoms with van der Waals surface area (Å²) >= 11 is 0. The van der Waals surface area contributed by atoms with Gasteiger partial charge in [0.05, 0.1) is 13.2 Å². The Labute approximate surface area is 164 Å². The summed E-state index contributed by atoms with van der Waals surface area (Å²) in [6.07, 6.45) is 1.31. The van der Waals surface area contributed by atoms with Gasteiger partial charge in [-0.25, -0.2) is 18.6 Å². The molecule has 0 aromatic heterocycles. The molecule has 156 valence electrons. The van der Waals surface area contributed by atoms with E-state index in [1.54, 1.807) is 11.8 Å². The predicted molar refractivity (Wildman–Crippen MR) is 103 cm³/mol. The summed E-state index contributed by atoms with van der Waals surface area (Å²) < 4.78 is 36.8. The maximum Gasteiger partial charge on any atom is 0.409 e. The van der Waals surface area contributed by atoms with E-state index >= 15 is 0 Å². The maximum absolute atomic E-state index is 13.5. The second kappa shape index (κ2) is 11.3. The Morgan fingerprint density at radius 2 is 2.04 bits per heavy atom. The zero-order valence-electron chi connectivity index (χ0n) is 16.3. The molecule has 1 aromatic rings. The van der Waals surface area contributed by atoms with Gasteiger partial charge in [0.15, 0.2) is 17.5 Å². The number of halogens is 2. The van der Waals surface area contributed by atoms with Crippen molar-refractivity contribution in [1.82, 2.24) is 15.5 Å². The minimum Gasteiger partial charge on any atom is -0.489 e. The highest BCUT2D eigenvalue weighted by Gasteiger charge is 2.24. The standard InChI is InChI=1S/C19H28F2N4O3/c1-3-22-18(23-9-12-28-17-6-5-14(20)13-16(17)21)24-15-7-10-25(11-8-15)19(26)27-4-2/h5-6,13,15H,3-4,7-12H2,1-2H3,(H2,22,23,24). The molecule has 1 heterocycles. The SMILES string of the molecule is CCNC(=NCCOc1ccc(F)cc1F)NC1CCN(C(=O)OCC)CC1. The Kier molecular flexibility index (Phi) is 8.77. The van der Waals surface area contributed by atoms with E-state index in [0.29, 0.717) is 38.7 Å². The number of rotatable bonds is 7. The Morgan fingerprint density at radius 3 is 2.68 bits per heavy atom. The van der Waals surface area contributed by atoms with Crippen LogP contribution in [0.4, 0.5) is 13.6 Å². The van der Waals surface area contributed by atoms with Crippen LogP contribution in [0, 0.1) is 11.6 Å². The molecule has 7 nitrogen and oxygen atoms in total. The number of ether oxygens (including phenoxy) is 2. The van der Waals surface area contributed by atoms with Gasteiger partial charge in [-0.2, -0.15) is 0 Å². The van der Waals surface area contributed by atoms with Crippen molar-refractivity contribution in [3.63, 3.8) is 0 Å². The number of carbonyl (C=O) groups is 1. The second-order valence-electron chi connectivity index (χ2n) is 6.29. The van der Waals surface area contributed by atoms with Crippen molar-refractivity contribution in [3.05, 3.63) is 29.8 Å². The fourth-order valence-electron chi connectivity index (χ4n) is 2.84. The summed E-state index contributed by atoms with van der Waals surface area (Å²) in [4.78, 5) is 17.9. The number of benzene rings is 1. The first-order chi connectivity index (χ1) is 13.5. The highest BCUT2D eigenvalue weighted by Crippen LogP contribution is 2.17. The number of nitrogens with one attached hydrogen (secondary N) is 2. The van der Waals surface area contributed by atoms with Crippen LogP contribution in [0.1, 0.15) is 26.7 Å². The number of hydrogen-bond acceptors (Lipinski definition) is 4. The Hall–Kier alpha value is -2.58. The normalized spacial score (nSPS) is 15.3. The number of aliphatic imine (C=N–C) groups is 1. The van der Waals surface area contributed by atoms with Crippen LogP contribution >= 0.6 is 0 Å². The van der Waals surface area contributed by atoms with Crippen molar-refractivity contribution in [2.24, 2.45) is 4.99 Å². The monoisotopic (exact) mass is 398 g/mol. The van der Waals surface area contributed by atoms with Crippen molar-refractivity contribution in [2.45, 2.75) is 32.7 Å². The number of carbonyl (C=O) groups excluding carboxylic acids is 1. The van der Waals surface area contributed by atoms with E-state index in [2.05, 4.69) is 15.6 Å². The lowest BCUT2D eigenvalue weighted by molar-refractivity contribution is 0.0963. The summed E-state index contributed by atoms with van der Waals surface area (Å²) in [5.74, 6) is -0.737. The fraction of sp³-hybridized carbons (Fsp3) is 0.579. The molecule has 9 heteroatoms. The zero-order chi connectivity index (χ0) is 20.4. The smallest absolute Gasteiger partial charge is 0.409 e. The lowest BCUT2D eigenvalue weighted by Crippen LogP contribution is -2.50. The number of nitrogens with zero attached hydrogens (tertiary/aromatic N) is 2. The minimum atomic E-state index is -0.734. The molecule has 0 saturated carbocycles. The van der Waals surface area contributed by atoms with Crippen LogP contribution in [0.5, 0.6) is 5.75 Å². The lowest BCUT2D eigenvalue weighted by Gasteiger charge is -2.32. The number of guanidine groups is 1. The van der Waals surface area contributed by atoms with E-state index in [4.69, 9.17) is 9.47 Å². The van der Waals surface area contributed by atoms with Gasteiger partial charge in [0.1, 0.15) is 12.4 Å². The third-order valence-corrected chi connectivity index (χ3v) is 4.22. The van der Waals surface area contributed by atoms with Crippen molar-refractivity contribution in [2.75, 3.05) is 39.4 Å². The second-order valence-corrected chi connectivity index (χ2v) is 6.29. The number of piperidine rings is 1. The summed E-state index contributed by atoms with van der Waals surface area (Å²) in [6, 6.07) is 3.39. The molecule has 2 rings (SSSR count). The summed E-state index contributed by atoms with van der Waals surface area (Å²) in [5, 5.41) is 6.50. The van der Waals surface area contributed by atoms with Gasteiger partial charge in [-0.3, -0.25) is 0 Å². The molecule has 1 fully saturated rings. The van der Waals surface area contributed by atoms with E-state index in [-0.39, 0.29) is 24.5 Å². The van der Waals surface area contributed by atoms with E-state index in [1.807, 2.05) is 6.92 Å². The molecule has 1 saturated heterocycles. The maximum atomic E-state index is 13.5. The van der Waals surface area contributed by atoms with E-state index < -0.39 is 11.6 Å². The molecule has 0 atom stereocenters. The molecule has 28 heavy (non-hydrogen) atoms. The Bertz CT molecular complexity index is 665. The number of amides is 1. The van der Waals surface area contributed by atoms with Crippen LogP contribution < -0.4 is 15.4 Å². The molecule has 0 radical (unpaired) electrons. The molecular formula is C19H28F2N4O3. The molecule has 0 unspecified atom stereocenters. The fourth-order valence-corrected chi connectivity index (χ4v) is 2.84. The third-order valence-electron chi connectivity index (χ3n) is 4.22. The Morgan fingerprint density at radius 1 is 1.29 bits per heavy atom. The molecule has 0 bridgehead atoms. The first-order valence-corrected chi connectivity index (χ1v) is 9.57. The zero-order valence-corrected chi connectivity index (χ0v) is 16.3. The average molecular weight is 398 g/mol. The lowest BCUT2D eigenvalue weighted by atomic mass is 10.1. The molecule has 1 aliphatic heterocycles. The molecule has 2 N–H and O–H groups in total. The number of likely N-dealkylation sites (tertiary alicyclic amines) is 1. The average Bonchev–Trinajstić information content (AvgIpc) is 2.67. The van der Waals surface area contributed by atoms with Crippen LogP contribution in [0.3, 0.4) is 0 Å². The first-order valence-electron chi connectivity index (χ1n) is 9.57. The minimum absolute atomic E-state index is 0.000831. The summed E-state index contributed by atoms with van der Waals surface area (Å²) in [7, 11) is 0. The van der Waals surface area contributed by atoms with Gasteiger partial charge in [0.2, 0.25) is 0 Å². The van der Waals surface area contributed by atoms with Gasteiger partial charge < -0.3 is 25.0 Å². The quantitative estimate of drug-likeness (QED) is 0.419. The topological polar surface area (TPSA) is 75.2 Å². The highest BCUT2D eigenvalue weighted by atomic mass is 19.1. The summed E-state index contributed by atoms with van der Waals surface area (Å²) in [6.45, 7) is 6.56. The van der Waals surface area contributed by atoms with E-state index in [9.17, 15) is 13.6 Å². The van der Waals surface area contributed by atoms with Crippen LogP contribution in [0.15, 0.2) is 23.2 Å². The van der Waals surface area contributed by atoms with Gasteiger partial charge in [0, 0.05) is 31.7 Å². The molecule has 1 amide bonds. The third kappa shape index (κ3) is 6.86. The summed E-state index contributed by atoms with van der Waals surface area (Å²) in [5.41, 5.74) is 0. The van der Waals surface area contributed by atoms with Crippen LogP contribution in [0.2, 0.25) is 0 Å². The van der Waals surface area contributed by atoms with Crippen molar-refractivity contribution >= 4 is 12.1 Å². The van der Waals surface area contributed by atoms with Gasteiger partial charge in [-0.05, 0) is 38.8 Å². The van der Waals surface area contributed by atoms with E-state index in [0.717, 1.165) is 25.0 Å². The molecule has 1 aromatic carbocycles. The van der Waals surface area contributed by atoms with Crippen LogP contribution in [0.25, 0.3) is 0 Å². The van der Waals surface area contributed by atoms with E-state index in [1.165, 1.54) is 6.07 Å². The van der Waals surface area contributed by atoms with Crippen LogP contribution in [-0.4, -0.2) is 62.4 Å². The largest absolute Gasteiger partial charge is 0.489 e. The van der Waals surface area contributed by atoms with Gasteiger partial charge in [-0.1, -0.05) is 0 Å². The van der Waals surface area contributed by atoms with Crippen molar-refractivity contribution in [3.8, 4) is 5.75 Å². The van der Waals surface area contributed by atoms with Crippen molar-refractivity contribution < 1.29 is 23.0 Å². The molecule has 1 aliphatic rings. The molecular weight excluding hydrogens is 370 g/mol. The Balaban J connectivity index is 1.78. The first kappa shape index (κ1) is 21.7. The van der Waals surface area contributed by atoms with Gasteiger partial charge in [-0.15, -0.1) is 0 Å². The van der Waals surface area contributed by atoms with Crippen LogP contribution in [-0.2, 0) is 4.74 Å².